The number of ether oxygens (including phenoxy) is 1. The van der Waals surface area contributed by atoms with Gasteiger partial charge in [-0.25, -0.2) is 4.79 Å². The van der Waals surface area contributed by atoms with Crippen molar-refractivity contribution in [2.45, 2.75) is 71.2 Å². The van der Waals surface area contributed by atoms with E-state index in [-0.39, 0.29) is 18.0 Å². The number of nitrogens with zero attached hydrogens (tertiary/aromatic N) is 5. The van der Waals surface area contributed by atoms with Crippen molar-refractivity contribution in [2.75, 3.05) is 37.6 Å². The first kappa shape index (κ1) is 27.0. The number of benzene rings is 2. The Morgan fingerprint density at radius 2 is 1.79 bits per heavy atom. The lowest BCUT2D eigenvalue weighted by Gasteiger charge is -2.34. The summed E-state index contributed by atoms with van der Waals surface area (Å²) in [6.07, 6.45) is 5.44. The second-order valence-corrected chi connectivity index (χ2v) is 12.1. The van der Waals surface area contributed by atoms with Crippen LogP contribution < -0.4 is 10.2 Å². The fourth-order valence-corrected chi connectivity index (χ4v) is 7.11. The molecule has 9 nitrogen and oxygen atoms in total. The van der Waals surface area contributed by atoms with Crippen LogP contribution in [0.2, 0.25) is 0 Å². The van der Waals surface area contributed by atoms with Crippen molar-refractivity contribution in [1.82, 2.24) is 24.9 Å². The van der Waals surface area contributed by atoms with E-state index < -0.39 is 0 Å². The second kappa shape index (κ2) is 11.4. The zero-order valence-electron chi connectivity index (χ0n) is 24.5. The predicted octanol–water partition coefficient (Wildman–Crippen LogP) is 4.49. The number of anilines is 2. The van der Waals surface area contributed by atoms with Crippen molar-refractivity contribution in [3.63, 3.8) is 0 Å². The summed E-state index contributed by atoms with van der Waals surface area (Å²) in [5.74, 6) is 1.12. The highest BCUT2D eigenvalue weighted by molar-refractivity contribution is 5.75. The number of nitrogens with one attached hydrogen (secondary N) is 1. The third-order valence-electron chi connectivity index (χ3n) is 9.45. The molecule has 4 aliphatic rings. The summed E-state index contributed by atoms with van der Waals surface area (Å²) in [7, 11) is 0. The van der Waals surface area contributed by atoms with Gasteiger partial charge in [-0.1, -0.05) is 36.4 Å². The van der Waals surface area contributed by atoms with Crippen LogP contribution in [0.5, 0.6) is 0 Å². The number of hydrogen-bond donors (Lipinski definition) is 1. The molecule has 0 aliphatic carbocycles. The number of carbonyl (C=O) groups is 2. The lowest BCUT2D eigenvalue weighted by Crippen LogP contribution is -2.40. The minimum atomic E-state index is -0.249. The summed E-state index contributed by atoms with van der Waals surface area (Å²) >= 11 is 0. The molecule has 5 heterocycles. The molecule has 0 unspecified atom stereocenters. The van der Waals surface area contributed by atoms with Crippen LogP contribution in [0.25, 0.3) is 0 Å². The number of fused-ring (bicyclic) bond motifs is 3. The monoisotopic (exact) mass is 568 g/mol. The first-order valence-electron chi connectivity index (χ1n) is 15.5. The van der Waals surface area contributed by atoms with Gasteiger partial charge in [0.1, 0.15) is 6.61 Å². The van der Waals surface area contributed by atoms with Gasteiger partial charge < -0.3 is 24.8 Å². The van der Waals surface area contributed by atoms with Gasteiger partial charge in [-0.3, -0.25) is 9.48 Å². The maximum atomic E-state index is 12.8. The number of aryl methyl sites for hydroxylation is 1. The number of carbonyl (C=O) groups excluding carboxylic acids is 2. The average molecular weight is 569 g/mol. The van der Waals surface area contributed by atoms with Crippen LogP contribution in [0, 0.1) is 0 Å². The molecule has 2 amide bonds. The highest BCUT2D eigenvalue weighted by Crippen LogP contribution is 2.41. The Morgan fingerprint density at radius 3 is 2.60 bits per heavy atom. The maximum Gasteiger partial charge on any atom is 0.410 e. The number of piperidine rings is 1. The van der Waals surface area contributed by atoms with Crippen LogP contribution in [0.3, 0.4) is 0 Å². The van der Waals surface area contributed by atoms with Crippen molar-refractivity contribution in [3.8, 4) is 0 Å². The van der Waals surface area contributed by atoms with Crippen LogP contribution in [-0.2, 0) is 48.5 Å². The first-order chi connectivity index (χ1) is 20.5. The van der Waals surface area contributed by atoms with Gasteiger partial charge in [0.2, 0.25) is 5.91 Å². The highest BCUT2D eigenvalue weighted by atomic mass is 16.6. The molecular weight excluding hydrogens is 528 g/mol. The molecule has 1 saturated heterocycles. The summed E-state index contributed by atoms with van der Waals surface area (Å²) < 4.78 is 7.86. The largest absolute Gasteiger partial charge is 0.445 e. The Bertz CT molecular complexity index is 1480. The van der Waals surface area contributed by atoms with E-state index in [1.807, 2.05) is 40.1 Å². The molecule has 42 heavy (non-hydrogen) atoms. The van der Waals surface area contributed by atoms with Gasteiger partial charge in [-0.2, -0.15) is 5.10 Å². The zero-order chi connectivity index (χ0) is 28.6. The number of aromatic nitrogens is 2. The molecule has 0 radical (unpaired) electrons. The molecule has 2 aromatic carbocycles. The van der Waals surface area contributed by atoms with Crippen molar-refractivity contribution < 1.29 is 14.3 Å². The van der Waals surface area contributed by atoms with Gasteiger partial charge in [0.15, 0.2) is 5.82 Å². The molecule has 3 aromatic rings. The van der Waals surface area contributed by atoms with Gasteiger partial charge in [-0.15, -0.1) is 0 Å². The van der Waals surface area contributed by atoms with E-state index in [0.717, 1.165) is 76.1 Å². The summed E-state index contributed by atoms with van der Waals surface area (Å²) in [6, 6.07) is 14.8. The Hall–Kier alpha value is -3.85. The Labute approximate surface area is 247 Å². The average Bonchev–Trinajstić information content (AvgIpc) is 3.41. The third kappa shape index (κ3) is 5.15. The Morgan fingerprint density at radius 1 is 0.952 bits per heavy atom. The normalized spacial score (nSPS) is 18.7. The standard InChI is InChI=1S/C33H40N6O3/c1-23(40)37-17-12-30-29(21-37)32(38-14-5-8-26-18-27-20-34-13-9-25(27)19-31(26)38)35-39(30)28-10-15-36(16-11-28)33(41)42-22-24-6-3-2-4-7-24/h2-4,6-7,18-19,28,34H,5,8-17,20-22H2,1H3. The molecule has 9 heteroatoms. The van der Waals surface area contributed by atoms with Crippen LogP contribution in [0.15, 0.2) is 42.5 Å². The van der Waals surface area contributed by atoms with Crippen molar-refractivity contribution in [1.29, 1.82) is 0 Å². The van der Waals surface area contributed by atoms with Crippen molar-refractivity contribution in [2.24, 2.45) is 0 Å². The number of amides is 2. The van der Waals surface area contributed by atoms with Gasteiger partial charge in [0.05, 0.1) is 12.6 Å². The quantitative estimate of drug-likeness (QED) is 0.500. The minimum Gasteiger partial charge on any atom is -0.445 e. The predicted molar refractivity (Wildman–Crippen MR) is 161 cm³/mol. The number of rotatable bonds is 4. The molecule has 0 spiro atoms. The molecule has 220 valence electrons. The van der Waals surface area contributed by atoms with E-state index in [4.69, 9.17) is 9.84 Å². The SMILES string of the molecule is CC(=O)N1CCc2c(c(N3CCCc4cc5c(cc43)CCNC5)nn2C2CCN(C(=O)OCc3ccccc3)CC2)C1. The summed E-state index contributed by atoms with van der Waals surface area (Å²) in [5.41, 5.74) is 8.97. The van der Waals surface area contributed by atoms with E-state index in [2.05, 4.69) is 27.0 Å². The molecule has 0 atom stereocenters. The van der Waals surface area contributed by atoms with Crippen molar-refractivity contribution in [3.05, 3.63) is 76.0 Å². The van der Waals surface area contributed by atoms with Crippen LogP contribution in [0.4, 0.5) is 16.3 Å². The lowest BCUT2D eigenvalue weighted by atomic mass is 9.92. The van der Waals surface area contributed by atoms with Gasteiger partial charge in [0.25, 0.3) is 0 Å². The highest BCUT2D eigenvalue weighted by Gasteiger charge is 2.35. The van der Waals surface area contributed by atoms with Crippen LogP contribution in [-0.4, -0.2) is 64.3 Å². The zero-order valence-corrected chi connectivity index (χ0v) is 24.5. The molecule has 7 rings (SSSR count). The van der Waals surface area contributed by atoms with E-state index in [0.29, 0.717) is 26.2 Å². The molecular formula is C33H40N6O3. The van der Waals surface area contributed by atoms with E-state index in [1.165, 1.54) is 33.6 Å². The van der Waals surface area contributed by atoms with E-state index in [1.54, 1.807) is 6.92 Å². The molecule has 1 aromatic heterocycles. The summed E-state index contributed by atoms with van der Waals surface area (Å²) in [6.45, 7) is 7.46. The number of likely N-dealkylation sites (tertiary alicyclic amines) is 1. The summed E-state index contributed by atoms with van der Waals surface area (Å²) in [5, 5.41) is 8.86. The third-order valence-corrected chi connectivity index (χ3v) is 9.45. The Balaban J connectivity index is 1.14. The summed E-state index contributed by atoms with van der Waals surface area (Å²) in [4.78, 5) is 31.5. The van der Waals surface area contributed by atoms with Crippen LogP contribution >= 0.6 is 0 Å². The Kier molecular flexibility index (Phi) is 7.36. The maximum absolute atomic E-state index is 12.8. The minimum absolute atomic E-state index is 0.113. The second-order valence-electron chi connectivity index (χ2n) is 12.1. The molecule has 4 aliphatic heterocycles. The van der Waals surface area contributed by atoms with Gasteiger partial charge in [0, 0.05) is 63.0 Å². The molecule has 0 bridgehead atoms. The number of hydrogen-bond acceptors (Lipinski definition) is 6. The molecule has 0 saturated carbocycles. The van der Waals surface area contributed by atoms with Gasteiger partial charge >= 0.3 is 6.09 Å². The first-order valence-corrected chi connectivity index (χ1v) is 15.5. The smallest absolute Gasteiger partial charge is 0.410 e. The van der Waals surface area contributed by atoms with E-state index >= 15 is 0 Å². The topological polar surface area (TPSA) is 82.9 Å². The molecule has 1 fully saturated rings. The van der Waals surface area contributed by atoms with Crippen molar-refractivity contribution >= 4 is 23.5 Å². The fraction of sp³-hybridized carbons (Fsp3) is 0.485. The van der Waals surface area contributed by atoms with Gasteiger partial charge in [-0.05, 0) is 67.0 Å². The van der Waals surface area contributed by atoms with Crippen LogP contribution in [0.1, 0.15) is 65.7 Å². The fourth-order valence-electron chi connectivity index (χ4n) is 7.11. The lowest BCUT2D eigenvalue weighted by molar-refractivity contribution is -0.129. The van der Waals surface area contributed by atoms with E-state index in [9.17, 15) is 9.59 Å². The molecule has 1 N–H and O–H groups in total.